The van der Waals surface area contributed by atoms with Crippen molar-refractivity contribution in [1.29, 1.82) is 0 Å². The van der Waals surface area contributed by atoms with Gasteiger partial charge in [0.15, 0.2) is 9.84 Å². The Labute approximate surface area is 124 Å². The molecule has 0 aliphatic heterocycles. The summed E-state index contributed by atoms with van der Waals surface area (Å²) in [7, 11) is -3.24. The molecule has 0 aliphatic carbocycles. The Balaban J connectivity index is 2.30. The number of anilines is 1. The van der Waals surface area contributed by atoms with E-state index < -0.39 is 9.84 Å². The van der Waals surface area contributed by atoms with Gasteiger partial charge in [0.05, 0.1) is 15.6 Å². The van der Waals surface area contributed by atoms with E-state index in [0.29, 0.717) is 10.7 Å². The van der Waals surface area contributed by atoms with Crippen molar-refractivity contribution in [2.75, 3.05) is 11.6 Å². The van der Waals surface area contributed by atoms with Crippen molar-refractivity contribution in [2.24, 2.45) is 0 Å². The molecule has 3 nitrogen and oxygen atoms in total. The largest absolute Gasteiger partial charge is 0.377 e. The van der Waals surface area contributed by atoms with E-state index in [4.69, 9.17) is 11.6 Å². The minimum atomic E-state index is -3.24. The number of rotatable bonds is 4. The highest BCUT2D eigenvalue weighted by Crippen LogP contribution is 2.28. The van der Waals surface area contributed by atoms with Crippen LogP contribution in [0.2, 0.25) is 5.02 Å². The third-order valence-electron chi connectivity index (χ3n) is 3.04. The van der Waals surface area contributed by atoms with E-state index in [2.05, 4.69) is 5.32 Å². The first-order valence-corrected chi connectivity index (χ1v) is 8.46. The minimum Gasteiger partial charge on any atom is -0.377 e. The van der Waals surface area contributed by atoms with Crippen molar-refractivity contribution < 1.29 is 8.42 Å². The molecule has 5 heteroatoms. The highest BCUT2D eigenvalue weighted by molar-refractivity contribution is 7.90. The van der Waals surface area contributed by atoms with Crippen molar-refractivity contribution in [1.82, 2.24) is 0 Å². The van der Waals surface area contributed by atoms with Gasteiger partial charge in [-0.15, -0.1) is 0 Å². The molecule has 2 rings (SSSR count). The molecule has 0 bridgehead atoms. The van der Waals surface area contributed by atoms with Crippen molar-refractivity contribution in [2.45, 2.75) is 17.9 Å². The summed E-state index contributed by atoms with van der Waals surface area (Å²) in [6.07, 6.45) is 1.18. The number of hydrogen-bond acceptors (Lipinski definition) is 3. The molecule has 0 saturated carbocycles. The van der Waals surface area contributed by atoms with Gasteiger partial charge in [0.2, 0.25) is 0 Å². The zero-order valence-corrected chi connectivity index (χ0v) is 12.9. The van der Waals surface area contributed by atoms with Crippen molar-refractivity contribution >= 4 is 27.1 Å². The maximum Gasteiger partial charge on any atom is 0.175 e. The molecule has 0 saturated heterocycles. The Morgan fingerprint density at radius 2 is 1.75 bits per heavy atom. The molecular weight excluding hydrogens is 294 g/mol. The summed E-state index contributed by atoms with van der Waals surface area (Å²) in [5.41, 5.74) is 1.72. The molecule has 2 aromatic carbocycles. The molecule has 1 atom stereocenters. The predicted octanol–water partition coefficient (Wildman–Crippen LogP) is 3.92. The predicted molar refractivity (Wildman–Crippen MR) is 83.0 cm³/mol. The van der Waals surface area contributed by atoms with Gasteiger partial charge in [0.1, 0.15) is 0 Å². The van der Waals surface area contributed by atoms with Gasteiger partial charge in [0.25, 0.3) is 0 Å². The van der Waals surface area contributed by atoms with E-state index in [1.165, 1.54) is 12.3 Å². The molecule has 0 aromatic heterocycles. The van der Waals surface area contributed by atoms with Crippen LogP contribution < -0.4 is 5.32 Å². The van der Waals surface area contributed by atoms with E-state index in [0.717, 1.165) is 5.56 Å². The molecule has 0 aliphatic rings. The van der Waals surface area contributed by atoms with Crippen molar-refractivity contribution in [3.8, 4) is 0 Å². The second-order valence-corrected chi connectivity index (χ2v) is 7.11. The van der Waals surface area contributed by atoms with Crippen LogP contribution in [0.3, 0.4) is 0 Å². The molecule has 1 N–H and O–H groups in total. The summed E-state index contributed by atoms with van der Waals surface area (Å²) in [6.45, 7) is 2.00. The maximum absolute atomic E-state index is 11.6. The quantitative estimate of drug-likeness (QED) is 0.931. The van der Waals surface area contributed by atoms with E-state index >= 15 is 0 Å². The maximum atomic E-state index is 11.6. The first-order valence-electron chi connectivity index (χ1n) is 6.19. The monoisotopic (exact) mass is 309 g/mol. The van der Waals surface area contributed by atoms with Crippen LogP contribution in [0.4, 0.5) is 5.69 Å². The highest BCUT2D eigenvalue weighted by Gasteiger charge is 2.12. The Morgan fingerprint density at radius 3 is 2.35 bits per heavy atom. The fraction of sp³-hybridized carbons (Fsp3) is 0.200. The Kier molecular flexibility index (Phi) is 4.35. The zero-order chi connectivity index (χ0) is 14.8. The summed E-state index contributed by atoms with van der Waals surface area (Å²) in [5, 5.41) is 3.74. The van der Waals surface area contributed by atoms with Crippen LogP contribution in [0.1, 0.15) is 18.5 Å². The van der Waals surface area contributed by atoms with Crippen LogP contribution in [0.15, 0.2) is 53.4 Å². The third kappa shape index (κ3) is 3.52. The van der Waals surface area contributed by atoms with E-state index in [1.54, 1.807) is 12.1 Å². The van der Waals surface area contributed by atoms with Gasteiger partial charge in [-0.25, -0.2) is 8.42 Å². The summed E-state index contributed by atoms with van der Waals surface area (Å²) < 4.78 is 23.2. The van der Waals surface area contributed by atoms with Gasteiger partial charge in [0, 0.05) is 12.3 Å². The van der Waals surface area contributed by atoms with Crippen LogP contribution in [-0.4, -0.2) is 14.7 Å². The van der Waals surface area contributed by atoms with Crippen molar-refractivity contribution in [3.63, 3.8) is 0 Å². The average molecular weight is 310 g/mol. The Bertz CT molecular complexity index is 699. The van der Waals surface area contributed by atoms with Crippen LogP contribution in [0, 0.1) is 0 Å². The van der Waals surface area contributed by atoms with Crippen molar-refractivity contribution in [3.05, 3.63) is 59.1 Å². The zero-order valence-electron chi connectivity index (χ0n) is 11.3. The fourth-order valence-corrected chi connectivity index (χ4v) is 2.72. The van der Waals surface area contributed by atoms with Crippen LogP contribution >= 0.6 is 11.6 Å². The topological polar surface area (TPSA) is 46.2 Å². The number of halogens is 1. The lowest BCUT2D eigenvalue weighted by atomic mass is 10.1. The van der Waals surface area contributed by atoms with E-state index in [-0.39, 0.29) is 10.9 Å². The first kappa shape index (κ1) is 14.9. The van der Waals surface area contributed by atoms with Gasteiger partial charge >= 0.3 is 0 Å². The fourth-order valence-electron chi connectivity index (χ4n) is 1.90. The molecule has 0 spiro atoms. The lowest BCUT2D eigenvalue weighted by molar-refractivity contribution is 0.602. The average Bonchev–Trinajstić information content (AvgIpc) is 2.41. The number of sulfone groups is 1. The molecule has 0 heterocycles. The molecule has 1 unspecified atom stereocenters. The first-order chi connectivity index (χ1) is 9.38. The lowest BCUT2D eigenvalue weighted by Crippen LogP contribution is -2.08. The summed E-state index contributed by atoms with van der Waals surface area (Å²) in [4.78, 5) is 0.254. The van der Waals surface area contributed by atoms with Gasteiger partial charge in [-0.05, 0) is 30.7 Å². The second-order valence-electron chi connectivity index (χ2n) is 4.69. The SMILES string of the molecule is CC(Nc1cc(S(C)(=O)=O)ccc1Cl)c1ccccc1. The van der Waals surface area contributed by atoms with Gasteiger partial charge in [-0.3, -0.25) is 0 Å². The molecule has 0 fully saturated rings. The minimum absolute atomic E-state index is 0.0310. The standard InChI is InChI=1S/C15H16ClNO2S/c1-11(12-6-4-3-5-7-12)17-15-10-13(20(2,18)19)8-9-14(15)16/h3-11,17H,1-2H3. The third-order valence-corrected chi connectivity index (χ3v) is 4.48. The summed E-state index contributed by atoms with van der Waals surface area (Å²) in [5.74, 6) is 0. The number of nitrogens with one attached hydrogen (secondary N) is 1. The molecule has 2 aromatic rings. The van der Waals surface area contributed by atoms with Gasteiger partial charge < -0.3 is 5.32 Å². The lowest BCUT2D eigenvalue weighted by Gasteiger charge is -2.17. The molecular formula is C15H16ClNO2S. The van der Waals surface area contributed by atoms with Gasteiger partial charge in [-0.1, -0.05) is 41.9 Å². The van der Waals surface area contributed by atoms with E-state index in [9.17, 15) is 8.42 Å². The van der Waals surface area contributed by atoms with Crippen LogP contribution in [-0.2, 0) is 9.84 Å². The number of benzene rings is 2. The van der Waals surface area contributed by atoms with Crippen LogP contribution in [0.25, 0.3) is 0 Å². The second kappa shape index (κ2) is 5.85. The van der Waals surface area contributed by atoms with Crippen LogP contribution in [0.5, 0.6) is 0 Å². The summed E-state index contributed by atoms with van der Waals surface area (Å²) in [6, 6.07) is 14.6. The smallest absolute Gasteiger partial charge is 0.175 e. The Hall–Kier alpha value is -1.52. The highest BCUT2D eigenvalue weighted by atomic mass is 35.5. The normalized spacial score (nSPS) is 12.9. The van der Waals surface area contributed by atoms with Gasteiger partial charge in [-0.2, -0.15) is 0 Å². The molecule has 20 heavy (non-hydrogen) atoms. The molecule has 106 valence electrons. The Morgan fingerprint density at radius 1 is 1.10 bits per heavy atom. The number of hydrogen-bond donors (Lipinski definition) is 1. The molecule has 0 amide bonds. The van der Waals surface area contributed by atoms with E-state index in [1.807, 2.05) is 37.3 Å². The summed E-state index contributed by atoms with van der Waals surface area (Å²) >= 11 is 6.12. The molecule has 0 radical (unpaired) electrons.